The van der Waals surface area contributed by atoms with Crippen molar-refractivity contribution in [1.29, 1.82) is 0 Å². The fraction of sp³-hybridized carbons (Fsp3) is 0.316. The smallest absolute Gasteiger partial charge is 0.337 e. The number of rotatable bonds is 4. The Kier molecular flexibility index (Phi) is 4.53. The SMILES string of the molecule is COC(=O)c1ccc(N2CCN(Cc3cccc4nonc34)CC2)cc1. The van der Waals surface area contributed by atoms with Crippen molar-refractivity contribution >= 4 is 22.7 Å². The summed E-state index contributed by atoms with van der Waals surface area (Å²) in [5.41, 5.74) is 4.48. The molecule has 4 rings (SSSR count). The van der Waals surface area contributed by atoms with Crippen molar-refractivity contribution in [3.63, 3.8) is 0 Å². The molecule has 0 saturated carbocycles. The van der Waals surface area contributed by atoms with Crippen LogP contribution in [0.3, 0.4) is 0 Å². The minimum atomic E-state index is -0.308. The van der Waals surface area contributed by atoms with Crippen LogP contribution in [0.4, 0.5) is 5.69 Å². The predicted molar refractivity (Wildman–Crippen MR) is 97.1 cm³/mol. The van der Waals surface area contributed by atoms with Crippen molar-refractivity contribution in [2.24, 2.45) is 0 Å². The van der Waals surface area contributed by atoms with E-state index < -0.39 is 0 Å². The molecular weight excluding hydrogens is 332 g/mol. The molecule has 0 unspecified atom stereocenters. The molecule has 26 heavy (non-hydrogen) atoms. The number of esters is 1. The Hall–Kier alpha value is -2.93. The summed E-state index contributed by atoms with van der Waals surface area (Å²) in [6.07, 6.45) is 0. The molecule has 0 N–H and O–H groups in total. The second-order valence-corrected chi connectivity index (χ2v) is 6.35. The van der Waals surface area contributed by atoms with Gasteiger partial charge in [-0.05, 0) is 46.2 Å². The monoisotopic (exact) mass is 352 g/mol. The van der Waals surface area contributed by atoms with Gasteiger partial charge in [0.05, 0.1) is 12.7 Å². The van der Waals surface area contributed by atoms with E-state index in [9.17, 15) is 4.79 Å². The Morgan fingerprint density at radius 3 is 2.58 bits per heavy atom. The molecule has 2 aromatic carbocycles. The maximum atomic E-state index is 11.5. The van der Waals surface area contributed by atoms with Gasteiger partial charge in [-0.3, -0.25) is 4.90 Å². The fourth-order valence-corrected chi connectivity index (χ4v) is 3.32. The largest absolute Gasteiger partial charge is 0.465 e. The molecule has 1 saturated heterocycles. The molecule has 2 heterocycles. The first-order chi connectivity index (χ1) is 12.7. The van der Waals surface area contributed by atoms with Crippen LogP contribution in [0, 0.1) is 0 Å². The molecule has 0 aliphatic carbocycles. The third-order valence-corrected chi connectivity index (χ3v) is 4.79. The van der Waals surface area contributed by atoms with Crippen LogP contribution in [0.25, 0.3) is 11.0 Å². The zero-order chi connectivity index (χ0) is 17.9. The normalized spacial score (nSPS) is 15.3. The topological polar surface area (TPSA) is 71.7 Å². The quantitative estimate of drug-likeness (QED) is 0.667. The van der Waals surface area contributed by atoms with Gasteiger partial charge in [0.25, 0.3) is 0 Å². The first-order valence-electron chi connectivity index (χ1n) is 8.60. The van der Waals surface area contributed by atoms with Crippen LogP contribution in [-0.2, 0) is 11.3 Å². The molecule has 1 aromatic heterocycles. The zero-order valence-electron chi connectivity index (χ0n) is 14.6. The Bertz CT molecular complexity index is 899. The first kappa shape index (κ1) is 16.5. The molecule has 3 aromatic rings. The van der Waals surface area contributed by atoms with Crippen molar-refractivity contribution in [1.82, 2.24) is 15.2 Å². The lowest BCUT2D eigenvalue weighted by Crippen LogP contribution is -2.46. The van der Waals surface area contributed by atoms with E-state index in [1.54, 1.807) is 0 Å². The van der Waals surface area contributed by atoms with Crippen molar-refractivity contribution in [3.8, 4) is 0 Å². The van der Waals surface area contributed by atoms with Crippen LogP contribution < -0.4 is 4.90 Å². The van der Waals surface area contributed by atoms with Gasteiger partial charge in [0.2, 0.25) is 0 Å². The van der Waals surface area contributed by atoms with Gasteiger partial charge < -0.3 is 9.64 Å². The third-order valence-electron chi connectivity index (χ3n) is 4.79. The first-order valence-corrected chi connectivity index (χ1v) is 8.60. The maximum absolute atomic E-state index is 11.5. The Labute approximate surface area is 151 Å². The highest BCUT2D eigenvalue weighted by molar-refractivity contribution is 5.89. The molecule has 0 spiro atoms. The van der Waals surface area contributed by atoms with Gasteiger partial charge in [-0.15, -0.1) is 0 Å². The number of hydrogen-bond donors (Lipinski definition) is 0. The van der Waals surface area contributed by atoms with Crippen molar-refractivity contribution in [2.45, 2.75) is 6.54 Å². The van der Waals surface area contributed by atoms with Crippen molar-refractivity contribution in [3.05, 3.63) is 53.6 Å². The molecule has 7 nitrogen and oxygen atoms in total. The van der Waals surface area contributed by atoms with Crippen LogP contribution in [-0.4, -0.2) is 54.5 Å². The number of methoxy groups -OCH3 is 1. The molecule has 7 heteroatoms. The molecular formula is C19H20N4O3. The van der Waals surface area contributed by atoms with E-state index in [1.807, 2.05) is 36.4 Å². The summed E-state index contributed by atoms with van der Waals surface area (Å²) in [4.78, 5) is 16.3. The highest BCUT2D eigenvalue weighted by atomic mass is 16.6. The molecule has 0 bridgehead atoms. The average molecular weight is 352 g/mol. The standard InChI is InChI=1S/C19H20N4O3/c1-25-19(24)14-5-7-16(8-6-14)23-11-9-22(10-12-23)13-15-3-2-4-17-18(15)21-26-20-17/h2-8H,9-13H2,1H3. The van der Waals surface area contributed by atoms with Crippen LogP contribution in [0.5, 0.6) is 0 Å². The molecule has 0 radical (unpaired) electrons. The molecule has 1 aliphatic rings. The lowest BCUT2D eigenvalue weighted by atomic mass is 10.1. The van der Waals surface area contributed by atoms with Crippen LogP contribution in [0.2, 0.25) is 0 Å². The van der Waals surface area contributed by atoms with E-state index in [0.717, 1.165) is 55.0 Å². The van der Waals surface area contributed by atoms with E-state index >= 15 is 0 Å². The second kappa shape index (κ2) is 7.13. The molecule has 1 fully saturated rings. The Morgan fingerprint density at radius 1 is 1.08 bits per heavy atom. The van der Waals surface area contributed by atoms with Gasteiger partial charge in [-0.1, -0.05) is 12.1 Å². The van der Waals surface area contributed by atoms with Crippen LogP contribution in [0.1, 0.15) is 15.9 Å². The number of fused-ring (bicyclic) bond motifs is 1. The number of nitrogens with zero attached hydrogens (tertiary/aromatic N) is 4. The zero-order valence-corrected chi connectivity index (χ0v) is 14.6. The summed E-state index contributed by atoms with van der Waals surface area (Å²) in [6.45, 7) is 4.62. The van der Waals surface area contributed by atoms with Gasteiger partial charge in [0.1, 0.15) is 11.0 Å². The second-order valence-electron chi connectivity index (χ2n) is 6.35. The minimum Gasteiger partial charge on any atom is -0.465 e. The Morgan fingerprint density at radius 2 is 1.85 bits per heavy atom. The molecule has 134 valence electrons. The fourth-order valence-electron chi connectivity index (χ4n) is 3.32. The van der Waals surface area contributed by atoms with Gasteiger partial charge in [-0.2, -0.15) is 0 Å². The lowest BCUT2D eigenvalue weighted by molar-refractivity contribution is 0.0601. The predicted octanol–water partition coefficient (Wildman–Crippen LogP) is 2.33. The van der Waals surface area contributed by atoms with Gasteiger partial charge in [0.15, 0.2) is 0 Å². The number of benzene rings is 2. The van der Waals surface area contributed by atoms with Crippen molar-refractivity contribution in [2.75, 3.05) is 38.2 Å². The number of ether oxygens (including phenoxy) is 1. The summed E-state index contributed by atoms with van der Waals surface area (Å²) in [5.74, 6) is -0.308. The lowest BCUT2D eigenvalue weighted by Gasteiger charge is -2.36. The van der Waals surface area contributed by atoms with Crippen LogP contribution in [0.15, 0.2) is 47.1 Å². The Balaban J connectivity index is 1.38. The van der Waals surface area contributed by atoms with E-state index in [2.05, 4.69) is 26.2 Å². The number of aromatic nitrogens is 2. The maximum Gasteiger partial charge on any atom is 0.337 e. The minimum absolute atomic E-state index is 0.308. The van der Waals surface area contributed by atoms with E-state index in [4.69, 9.17) is 9.37 Å². The number of piperazine rings is 1. The van der Waals surface area contributed by atoms with E-state index in [-0.39, 0.29) is 5.97 Å². The summed E-state index contributed by atoms with van der Waals surface area (Å²) < 4.78 is 9.59. The molecule has 0 amide bonds. The number of anilines is 1. The summed E-state index contributed by atoms with van der Waals surface area (Å²) in [5, 5.41) is 7.92. The van der Waals surface area contributed by atoms with Gasteiger partial charge in [0, 0.05) is 38.4 Å². The van der Waals surface area contributed by atoms with E-state index in [1.165, 1.54) is 7.11 Å². The highest BCUT2D eigenvalue weighted by Crippen LogP contribution is 2.20. The summed E-state index contributed by atoms with van der Waals surface area (Å²) >= 11 is 0. The number of hydrogen-bond acceptors (Lipinski definition) is 7. The molecule has 1 aliphatic heterocycles. The van der Waals surface area contributed by atoms with Crippen molar-refractivity contribution < 1.29 is 14.2 Å². The van der Waals surface area contributed by atoms with Gasteiger partial charge in [-0.25, -0.2) is 9.42 Å². The number of carbonyl (C=O) groups excluding carboxylic acids is 1. The van der Waals surface area contributed by atoms with Gasteiger partial charge >= 0.3 is 5.97 Å². The van der Waals surface area contributed by atoms with E-state index in [0.29, 0.717) is 5.56 Å². The molecule has 0 atom stereocenters. The summed E-state index contributed by atoms with van der Waals surface area (Å²) in [7, 11) is 1.39. The highest BCUT2D eigenvalue weighted by Gasteiger charge is 2.19. The number of carbonyl (C=O) groups is 1. The third kappa shape index (κ3) is 3.25. The summed E-state index contributed by atoms with van der Waals surface area (Å²) in [6, 6.07) is 13.5. The average Bonchev–Trinajstić information content (AvgIpc) is 3.18. The van der Waals surface area contributed by atoms with Crippen LogP contribution >= 0.6 is 0 Å².